The van der Waals surface area contributed by atoms with Crippen LogP contribution in [0, 0.1) is 5.82 Å². The van der Waals surface area contributed by atoms with Gasteiger partial charge in [-0.25, -0.2) is 19.2 Å². The Morgan fingerprint density at radius 2 is 2.12 bits per heavy atom. The molecule has 1 aromatic carbocycles. The lowest BCUT2D eigenvalue weighted by atomic mass is 10.3. The third kappa shape index (κ3) is 2.75. The third-order valence-electron chi connectivity index (χ3n) is 1.97. The van der Waals surface area contributed by atoms with Crippen LogP contribution >= 0.6 is 0 Å². The van der Waals surface area contributed by atoms with Crippen molar-refractivity contribution in [1.29, 1.82) is 0 Å². The lowest BCUT2D eigenvalue weighted by Crippen LogP contribution is -2.02. The first-order chi connectivity index (χ1) is 8.15. The fourth-order valence-electron chi connectivity index (χ4n) is 1.22. The zero-order chi connectivity index (χ0) is 12.3. The number of nitrogens with one attached hydrogen (secondary N) is 1. The maximum atomic E-state index is 12.9. The summed E-state index contributed by atoms with van der Waals surface area (Å²) < 4.78 is 12.9. The molecular formula is C11H8FN3O2. The van der Waals surface area contributed by atoms with E-state index < -0.39 is 5.97 Å². The first-order valence-corrected chi connectivity index (χ1v) is 4.73. The van der Waals surface area contributed by atoms with Gasteiger partial charge in [-0.05, 0) is 18.2 Å². The van der Waals surface area contributed by atoms with Gasteiger partial charge >= 0.3 is 5.97 Å². The number of carboxylic acids is 1. The van der Waals surface area contributed by atoms with Crippen LogP contribution in [-0.4, -0.2) is 21.0 Å². The minimum atomic E-state index is -1.14. The molecule has 0 spiro atoms. The molecule has 86 valence electrons. The van der Waals surface area contributed by atoms with Crippen LogP contribution < -0.4 is 5.32 Å². The summed E-state index contributed by atoms with van der Waals surface area (Å²) in [6.45, 7) is 0. The SMILES string of the molecule is O=C(O)c1cnc(Nc2cccc(F)c2)cn1. The average Bonchev–Trinajstić information content (AvgIpc) is 2.29. The van der Waals surface area contributed by atoms with Crippen molar-refractivity contribution in [2.75, 3.05) is 5.32 Å². The Hall–Kier alpha value is -2.50. The predicted molar refractivity (Wildman–Crippen MR) is 58.7 cm³/mol. The van der Waals surface area contributed by atoms with E-state index in [1.165, 1.54) is 18.3 Å². The normalized spacial score (nSPS) is 9.94. The molecule has 0 bridgehead atoms. The van der Waals surface area contributed by atoms with Crippen molar-refractivity contribution in [3.8, 4) is 0 Å². The van der Waals surface area contributed by atoms with Gasteiger partial charge in [-0.15, -0.1) is 0 Å². The maximum Gasteiger partial charge on any atom is 0.356 e. The van der Waals surface area contributed by atoms with E-state index in [-0.39, 0.29) is 11.5 Å². The summed E-state index contributed by atoms with van der Waals surface area (Å²) in [6, 6.07) is 5.84. The summed E-state index contributed by atoms with van der Waals surface area (Å²) in [5.41, 5.74) is 0.372. The molecule has 2 rings (SSSR count). The van der Waals surface area contributed by atoms with Gasteiger partial charge in [0.05, 0.1) is 12.4 Å². The number of nitrogens with zero attached hydrogens (tertiary/aromatic N) is 2. The topological polar surface area (TPSA) is 75.1 Å². The van der Waals surface area contributed by atoms with Crippen molar-refractivity contribution < 1.29 is 14.3 Å². The number of aromatic carboxylic acids is 1. The van der Waals surface area contributed by atoms with E-state index in [1.807, 2.05) is 0 Å². The molecule has 6 heteroatoms. The van der Waals surface area contributed by atoms with E-state index in [9.17, 15) is 9.18 Å². The Bertz CT molecular complexity index is 543. The highest BCUT2D eigenvalue weighted by molar-refractivity contribution is 5.84. The number of rotatable bonds is 3. The highest BCUT2D eigenvalue weighted by atomic mass is 19.1. The molecule has 0 saturated heterocycles. The van der Waals surface area contributed by atoms with E-state index in [1.54, 1.807) is 12.1 Å². The van der Waals surface area contributed by atoms with Crippen LogP contribution in [0.25, 0.3) is 0 Å². The van der Waals surface area contributed by atoms with Gasteiger partial charge in [0.2, 0.25) is 0 Å². The van der Waals surface area contributed by atoms with Crippen LogP contribution in [0.2, 0.25) is 0 Å². The molecular weight excluding hydrogens is 225 g/mol. The lowest BCUT2D eigenvalue weighted by molar-refractivity contribution is 0.0690. The lowest BCUT2D eigenvalue weighted by Gasteiger charge is -2.04. The predicted octanol–water partition coefficient (Wildman–Crippen LogP) is 2.06. The maximum absolute atomic E-state index is 12.9. The minimum Gasteiger partial charge on any atom is -0.476 e. The molecule has 2 N–H and O–H groups in total. The summed E-state index contributed by atoms with van der Waals surface area (Å²) in [5.74, 6) is -1.17. The number of carbonyl (C=O) groups is 1. The van der Waals surface area contributed by atoms with Crippen LogP contribution in [0.5, 0.6) is 0 Å². The summed E-state index contributed by atoms with van der Waals surface area (Å²) in [4.78, 5) is 18.1. The first-order valence-electron chi connectivity index (χ1n) is 4.73. The summed E-state index contributed by atoms with van der Waals surface area (Å²) in [7, 11) is 0. The highest BCUT2D eigenvalue weighted by Crippen LogP contribution is 2.14. The molecule has 0 aliphatic carbocycles. The monoisotopic (exact) mass is 233 g/mol. The zero-order valence-electron chi connectivity index (χ0n) is 8.59. The second-order valence-electron chi connectivity index (χ2n) is 3.23. The highest BCUT2D eigenvalue weighted by Gasteiger charge is 2.04. The van der Waals surface area contributed by atoms with Crippen molar-refractivity contribution in [3.63, 3.8) is 0 Å². The fourth-order valence-corrected chi connectivity index (χ4v) is 1.22. The van der Waals surface area contributed by atoms with E-state index in [0.29, 0.717) is 11.5 Å². The van der Waals surface area contributed by atoms with Gasteiger partial charge in [0.1, 0.15) is 11.6 Å². The van der Waals surface area contributed by atoms with Gasteiger partial charge in [0.25, 0.3) is 0 Å². The molecule has 0 amide bonds. The third-order valence-corrected chi connectivity index (χ3v) is 1.97. The van der Waals surface area contributed by atoms with Gasteiger partial charge < -0.3 is 10.4 Å². The first kappa shape index (κ1) is 11.0. The molecule has 17 heavy (non-hydrogen) atoms. The molecule has 0 atom stereocenters. The van der Waals surface area contributed by atoms with Gasteiger partial charge in [-0.1, -0.05) is 6.07 Å². The van der Waals surface area contributed by atoms with E-state index in [4.69, 9.17) is 5.11 Å². The Labute approximate surface area is 96.0 Å². The number of aromatic nitrogens is 2. The van der Waals surface area contributed by atoms with Crippen molar-refractivity contribution in [2.24, 2.45) is 0 Å². The van der Waals surface area contributed by atoms with E-state index in [0.717, 1.165) is 6.20 Å². The Morgan fingerprint density at radius 1 is 1.29 bits per heavy atom. The Balaban J connectivity index is 2.16. The number of carboxylic acid groups (broad SMARTS) is 1. The summed E-state index contributed by atoms with van der Waals surface area (Å²) >= 11 is 0. The summed E-state index contributed by atoms with van der Waals surface area (Å²) in [6.07, 6.45) is 2.40. The average molecular weight is 233 g/mol. The van der Waals surface area contributed by atoms with Crippen molar-refractivity contribution in [3.05, 3.63) is 48.2 Å². The van der Waals surface area contributed by atoms with Crippen molar-refractivity contribution >= 4 is 17.5 Å². The molecule has 0 aliphatic rings. The van der Waals surface area contributed by atoms with Gasteiger partial charge in [0.15, 0.2) is 5.69 Å². The number of halogens is 1. The quantitative estimate of drug-likeness (QED) is 0.848. The minimum absolute atomic E-state index is 0.144. The molecule has 0 saturated carbocycles. The number of hydrogen-bond donors (Lipinski definition) is 2. The largest absolute Gasteiger partial charge is 0.476 e. The number of benzene rings is 1. The van der Waals surface area contributed by atoms with Crippen LogP contribution in [0.1, 0.15) is 10.5 Å². The van der Waals surface area contributed by atoms with Crippen LogP contribution in [0.4, 0.5) is 15.9 Å². The second kappa shape index (κ2) is 4.56. The van der Waals surface area contributed by atoms with Crippen LogP contribution in [0.15, 0.2) is 36.7 Å². The summed E-state index contributed by atoms with van der Waals surface area (Å²) in [5, 5.41) is 11.4. The molecule has 5 nitrogen and oxygen atoms in total. The molecule has 1 heterocycles. The van der Waals surface area contributed by atoms with E-state index >= 15 is 0 Å². The number of anilines is 2. The van der Waals surface area contributed by atoms with E-state index in [2.05, 4.69) is 15.3 Å². The zero-order valence-corrected chi connectivity index (χ0v) is 8.59. The van der Waals surface area contributed by atoms with Crippen LogP contribution in [-0.2, 0) is 0 Å². The Kier molecular flexibility index (Phi) is 2.95. The molecule has 0 aliphatic heterocycles. The van der Waals surface area contributed by atoms with Crippen molar-refractivity contribution in [2.45, 2.75) is 0 Å². The molecule has 2 aromatic rings. The number of hydrogen-bond acceptors (Lipinski definition) is 4. The van der Waals surface area contributed by atoms with Crippen LogP contribution in [0.3, 0.4) is 0 Å². The Morgan fingerprint density at radius 3 is 2.71 bits per heavy atom. The fraction of sp³-hybridized carbons (Fsp3) is 0. The smallest absolute Gasteiger partial charge is 0.356 e. The standard InChI is InChI=1S/C11H8FN3O2/c12-7-2-1-3-8(4-7)15-10-6-13-9(5-14-10)11(16)17/h1-6H,(H,14,15)(H,16,17). The van der Waals surface area contributed by atoms with Gasteiger partial charge in [0, 0.05) is 5.69 Å². The molecule has 1 aromatic heterocycles. The molecule has 0 unspecified atom stereocenters. The molecule has 0 fully saturated rings. The second-order valence-corrected chi connectivity index (χ2v) is 3.23. The van der Waals surface area contributed by atoms with Crippen molar-refractivity contribution in [1.82, 2.24) is 9.97 Å². The van der Waals surface area contributed by atoms with Gasteiger partial charge in [-0.3, -0.25) is 0 Å². The molecule has 0 radical (unpaired) electrons. The van der Waals surface area contributed by atoms with Gasteiger partial charge in [-0.2, -0.15) is 0 Å².